The lowest BCUT2D eigenvalue weighted by Gasteiger charge is -2.27. The Balaban J connectivity index is 1.69. The van der Waals surface area contributed by atoms with Crippen molar-refractivity contribution in [3.05, 3.63) is 48.4 Å². The summed E-state index contributed by atoms with van der Waals surface area (Å²) in [5.41, 5.74) is 1.21. The highest BCUT2D eigenvalue weighted by Crippen LogP contribution is 2.33. The lowest BCUT2D eigenvalue weighted by Crippen LogP contribution is -2.37. The number of aliphatic carboxylic acids is 2. The highest BCUT2D eigenvalue weighted by molar-refractivity contribution is 5.91. The molecule has 1 saturated heterocycles. The Hall–Kier alpha value is -3.66. The maximum absolute atomic E-state index is 12.5. The fourth-order valence-electron chi connectivity index (χ4n) is 4.26. The lowest BCUT2D eigenvalue weighted by atomic mass is 10.0. The smallest absolute Gasteiger partial charge is 0.325 e. The quantitative estimate of drug-likeness (QED) is 0.568. The zero-order chi connectivity index (χ0) is 22.7. The van der Waals surface area contributed by atoms with Crippen LogP contribution in [0.3, 0.4) is 0 Å². The molecule has 3 heterocycles. The van der Waals surface area contributed by atoms with Gasteiger partial charge in [-0.25, -0.2) is 9.97 Å². The number of ether oxygens (including phenoxy) is 1. The van der Waals surface area contributed by atoms with E-state index in [0.29, 0.717) is 47.8 Å². The van der Waals surface area contributed by atoms with Gasteiger partial charge in [-0.15, -0.1) is 0 Å². The molecule has 1 atom stereocenters. The summed E-state index contributed by atoms with van der Waals surface area (Å²) in [6, 6.07) is 6.10. The van der Waals surface area contributed by atoms with E-state index in [2.05, 4.69) is 14.9 Å². The number of nitrogens with zero attached hydrogens (tertiary/aromatic N) is 5. The van der Waals surface area contributed by atoms with Crippen LogP contribution in [0.15, 0.2) is 42.9 Å². The van der Waals surface area contributed by atoms with Crippen LogP contribution in [-0.2, 0) is 16.1 Å². The Bertz CT molecular complexity index is 1120. The van der Waals surface area contributed by atoms with Gasteiger partial charge in [0.25, 0.3) is 0 Å². The molecule has 168 valence electrons. The first-order valence-corrected chi connectivity index (χ1v) is 10.4. The molecule has 1 fully saturated rings. The van der Waals surface area contributed by atoms with Gasteiger partial charge >= 0.3 is 11.9 Å². The van der Waals surface area contributed by atoms with E-state index >= 15 is 0 Å². The van der Waals surface area contributed by atoms with Crippen LogP contribution >= 0.6 is 0 Å². The van der Waals surface area contributed by atoms with Crippen LogP contribution in [0.2, 0.25) is 0 Å². The second kappa shape index (κ2) is 9.23. The molecule has 0 bridgehead atoms. The van der Waals surface area contributed by atoms with Gasteiger partial charge in [-0.3, -0.25) is 14.5 Å². The molecule has 0 amide bonds. The fraction of sp³-hybridized carbons (Fsp3) is 0.364. The van der Waals surface area contributed by atoms with Gasteiger partial charge in [0, 0.05) is 61.2 Å². The van der Waals surface area contributed by atoms with Gasteiger partial charge in [0.05, 0.1) is 7.11 Å². The first-order chi connectivity index (χ1) is 15.5. The van der Waals surface area contributed by atoms with Gasteiger partial charge in [-0.05, 0) is 30.7 Å². The fourth-order valence-corrected chi connectivity index (χ4v) is 4.26. The van der Waals surface area contributed by atoms with E-state index in [4.69, 9.17) is 4.74 Å². The summed E-state index contributed by atoms with van der Waals surface area (Å²) in [5, 5.41) is 20.2. The molecule has 1 aliphatic rings. The third-order valence-electron chi connectivity index (χ3n) is 5.68. The number of carboxylic acid groups (broad SMARTS) is 2. The maximum Gasteiger partial charge on any atom is 0.325 e. The third kappa shape index (κ3) is 4.35. The van der Waals surface area contributed by atoms with E-state index in [1.54, 1.807) is 54.5 Å². The van der Waals surface area contributed by atoms with Gasteiger partial charge in [-0.1, -0.05) is 0 Å². The molecule has 2 N–H and O–H groups in total. The van der Waals surface area contributed by atoms with Crippen molar-refractivity contribution in [2.24, 2.45) is 0 Å². The van der Waals surface area contributed by atoms with Crippen molar-refractivity contribution in [2.75, 3.05) is 38.2 Å². The highest BCUT2D eigenvalue weighted by Gasteiger charge is 2.32. The summed E-state index contributed by atoms with van der Waals surface area (Å²) in [6.07, 6.45) is 5.77. The number of rotatable bonds is 7. The summed E-state index contributed by atoms with van der Waals surface area (Å²) in [5.74, 6) is -0.765. The number of hydrogen-bond acceptors (Lipinski definition) is 7. The zero-order valence-corrected chi connectivity index (χ0v) is 17.7. The number of fused-ring (bicyclic) bond motifs is 1. The molecule has 1 aliphatic heterocycles. The number of methoxy groups -OCH3 is 1. The van der Waals surface area contributed by atoms with Crippen LogP contribution < -0.4 is 9.64 Å². The predicted molar refractivity (Wildman–Crippen MR) is 117 cm³/mol. The number of hydrogen-bond donors (Lipinski definition) is 2. The Labute approximate surface area is 184 Å². The standard InChI is InChI=1S/C22H25N5O5/c1-32-15-4-5-18-16(12-15)17(13-27(18)14-19(28)29)20(21(30)31)25-8-3-9-26(11-10-25)22-23-6-2-7-24-22/h2,4-7,12-13,20H,3,8-11,14H2,1H3,(H,28,29)(H,30,31). The first kappa shape index (κ1) is 21.6. The average Bonchev–Trinajstić information content (AvgIpc) is 2.95. The number of anilines is 1. The minimum absolute atomic E-state index is 0.256. The topological polar surface area (TPSA) is 121 Å². The van der Waals surface area contributed by atoms with Crippen LogP contribution in [0.25, 0.3) is 10.9 Å². The molecule has 0 spiro atoms. The summed E-state index contributed by atoms with van der Waals surface area (Å²) >= 11 is 0. The number of carboxylic acids is 2. The van der Waals surface area contributed by atoms with Crippen LogP contribution in [0, 0.1) is 0 Å². The molecular weight excluding hydrogens is 414 g/mol. The van der Waals surface area contributed by atoms with Crippen molar-refractivity contribution >= 4 is 28.8 Å². The second-order valence-corrected chi connectivity index (χ2v) is 7.66. The lowest BCUT2D eigenvalue weighted by molar-refractivity contribution is -0.143. The molecule has 3 aromatic rings. The van der Waals surface area contributed by atoms with Crippen LogP contribution in [0.4, 0.5) is 5.95 Å². The molecule has 1 unspecified atom stereocenters. The number of aromatic nitrogens is 3. The number of carbonyl (C=O) groups is 2. The van der Waals surface area contributed by atoms with Gasteiger partial charge in [0.2, 0.25) is 5.95 Å². The maximum atomic E-state index is 12.5. The highest BCUT2D eigenvalue weighted by atomic mass is 16.5. The van der Waals surface area contributed by atoms with E-state index < -0.39 is 18.0 Å². The Morgan fingerprint density at radius 2 is 1.91 bits per heavy atom. The molecule has 0 saturated carbocycles. The molecule has 0 aliphatic carbocycles. The average molecular weight is 439 g/mol. The number of benzene rings is 1. The van der Waals surface area contributed by atoms with Crippen LogP contribution in [0.1, 0.15) is 18.0 Å². The van der Waals surface area contributed by atoms with Crippen molar-refractivity contribution in [1.82, 2.24) is 19.4 Å². The molecule has 4 rings (SSSR count). The molecule has 10 nitrogen and oxygen atoms in total. The summed E-state index contributed by atoms with van der Waals surface area (Å²) in [4.78, 5) is 36.4. The van der Waals surface area contributed by atoms with Gasteiger partial charge in [-0.2, -0.15) is 0 Å². The van der Waals surface area contributed by atoms with E-state index in [1.807, 2.05) is 4.90 Å². The Morgan fingerprint density at radius 1 is 1.12 bits per heavy atom. The normalized spacial score (nSPS) is 16.0. The molecule has 32 heavy (non-hydrogen) atoms. The molecule has 1 aromatic carbocycles. The van der Waals surface area contributed by atoms with Gasteiger partial charge < -0.3 is 24.4 Å². The van der Waals surface area contributed by atoms with E-state index in [9.17, 15) is 19.8 Å². The van der Waals surface area contributed by atoms with Crippen molar-refractivity contribution in [3.63, 3.8) is 0 Å². The minimum atomic E-state index is -0.996. The Morgan fingerprint density at radius 3 is 2.59 bits per heavy atom. The second-order valence-electron chi connectivity index (χ2n) is 7.66. The van der Waals surface area contributed by atoms with Crippen LogP contribution in [0.5, 0.6) is 5.75 Å². The van der Waals surface area contributed by atoms with E-state index in [1.165, 1.54) is 0 Å². The molecule has 2 aromatic heterocycles. The van der Waals surface area contributed by atoms with Crippen molar-refractivity contribution in [1.29, 1.82) is 0 Å². The SMILES string of the molecule is COc1ccc2c(c1)c(C(C(=O)O)N1CCCN(c3ncccn3)CC1)cn2CC(=O)O. The molecule has 10 heteroatoms. The largest absolute Gasteiger partial charge is 0.497 e. The molecular formula is C22H25N5O5. The van der Waals surface area contributed by atoms with Gasteiger partial charge in [0.15, 0.2) is 0 Å². The van der Waals surface area contributed by atoms with Crippen LogP contribution in [-0.4, -0.2) is 74.9 Å². The van der Waals surface area contributed by atoms with Crippen molar-refractivity contribution in [3.8, 4) is 5.75 Å². The van der Waals surface area contributed by atoms with Crippen molar-refractivity contribution in [2.45, 2.75) is 19.0 Å². The predicted octanol–water partition coefficient (Wildman–Crippen LogP) is 1.86. The minimum Gasteiger partial charge on any atom is -0.497 e. The van der Waals surface area contributed by atoms with Gasteiger partial charge in [0.1, 0.15) is 18.3 Å². The molecule has 0 radical (unpaired) electrons. The summed E-state index contributed by atoms with van der Waals surface area (Å²) < 4.78 is 6.90. The Kier molecular flexibility index (Phi) is 6.22. The monoisotopic (exact) mass is 439 g/mol. The summed E-state index contributed by atoms with van der Waals surface area (Å²) in [7, 11) is 1.54. The van der Waals surface area contributed by atoms with Crippen molar-refractivity contribution < 1.29 is 24.5 Å². The third-order valence-corrected chi connectivity index (χ3v) is 5.68. The first-order valence-electron chi connectivity index (χ1n) is 10.4. The van der Waals surface area contributed by atoms with E-state index in [0.717, 1.165) is 13.0 Å². The zero-order valence-electron chi connectivity index (χ0n) is 17.7. The summed E-state index contributed by atoms with van der Waals surface area (Å²) in [6.45, 7) is 2.14. The van der Waals surface area contributed by atoms with E-state index in [-0.39, 0.29) is 6.54 Å².